The number of rotatable bonds is 4. The van der Waals surface area contributed by atoms with E-state index in [4.69, 9.17) is 11.6 Å². The smallest absolute Gasteiger partial charge is 0.265 e. The Morgan fingerprint density at radius 2 is 2.08 bits per heavy atom. The zero-order valence-corrected chi connectivity index (χ0v) is 16.1. The third-order valence-corrected chi connectivity index (χ3v) is 5.54. The summed E-state index contributed by atoms with van der Waals surface area (Å²) in [5, 5.41) is 0.414. The summed E-state index contributed by atoms with van der Waals surface area (Å²) in [7, 11) is 0. The number of imidazole rings is 1. The van der Waals surface area contributed by atoms with Crippen molar-refractivity contribution in [3.8, 4) is 0 Å². The molecule has 1 aliphatic rings. The summed E-state index contributed by atoms with van der Waals surface area (Å²) in [5.74, 6) is -0.382. The number of nitrogens with one attached hydrogen (secondary N) is 1. The Labute approximate surface area is 158 Å². The quantitative estimate of drug-likeness (QED) is 0.777. The number of aryl methyl sites for hydroxylation is 1. The van der Waals surface area contributed by atoms with E-state index in [1.54, 1.807) is 37.1 Å². The molecule has 4 nitrogen and oxygen atoms in total. The molecule has 2 heterocycles. The molecule has 2 atom stereocenters. The van der Waals surface area contributed by atoms with E-state index < -0.39 is 23.0 Å². The van der Waals surface area contributed by atoms with Crippen molar-refractivity contribution >= 4 is 22.8 Å². The lowest BCUT2D eigenvalue weighted by atomic mass is 10.0. The number of H-pyrrole nitrogens is 1. The van der Waals surface area contributed by atoms with Crippen molar-refractivity contribution in [3.05, 3.63) is 69.8 Å². The molecule has 0 saturated carbocycles. The van der Waals surface area contributed by atoms with Gasteiger partial charge in [0.1, 0.15) is 29.8 Å². The molecular weight excluding hydrogens is 380 g/mol. The monoisotopic (exact) mass is 397 g/mol. The van der Waals surface area contributed by atoms with Crippen molar-refractivity contribution < 1.29 is 13.3 Å². The highest BCUT2D eigenvalue weighted by atomic mass is 35.5. The maximum atomic E-state index is 14.2. The number of halogens is 3. The minimum absolute atomic E-state index is 0.0234. The van der Waals surface area contributed by atoms with Gasteiger partial charge in [-0.1, -0.05) is 23.7 Å². The van der Waals surface area contributed by atoms with Crippen LogP contribution in [0.5, 0.6) is 0 Å². The van der Waals surface area contributed by atoms with Crippen LogP contribution in [0, 0.1) is 12.7 Å². The molecule has 1 aromatic heterocycles. The fourth-order valence-corrected chi connectivity index (χ4v) is 3.91. The fraction of sp³-hybridized carbons (Fsp3) is 0.278. The molecule has 8 heteroatoms. The third kappa shape index (κ3) is 3.51. The van der Waals surface area contributed by atoms with Gasteiger partial charge in [0.25, 0.3) is 5.03 Å². The first kappa shape index (κ1) is 18.9. The predicted octanol–water partition coefficient (Wildman–Crippen LogP) is 4.41. The fourth-order valence-electron chi connectivity index (χ4n) is 3.01. The first-order chi connectivity index (χ1) is 12.3. The lowest BCUT2D eigenvalue weighted by molar-refractivity contribution is 0.293. The van der Waals surface area contributed by atoms with E-state index in [0.717, 1.165) is 0 Å². The molecule has 1 N–H and O–H groups in total. The van der Waals surface area contributed by atoms with Gasteiger partial charge in [0, 0.05) is 23.4 Å². The van der Waals surface area contributed by atoms with Crippen molar-refractivity contribution in [3.63, 3.8) is 0 Å². The molecule has 0 bridgehead atoms. The molecule has 26 heavy (non-hydrogen) atoms. The van der Waals surface area contributed by atoms with Gasteiger partial charge in [-0.3, -0.25) is 0 Å². The number of benzene rings is 1. The van der Waals surface area contributed by atoms with Gasteiger partial charge in [-0.05, 0) is 37.6 Å². The molecule has 0 aliphatic carbocycles. The van der Waals surface area contributed by atoms with Crippen LogP contribution >= 0.6 is 11.6 Å². The van der Waals surface area contributed by atoms with Crippen LogP contribution in [0.25, 0.3) is 0 Å². The lowest BCUT2D eigenvalue weighted by Gasteiger charge is -2.34. The Morgan fingerprint density at radius 3 is 2.69 bits per heavy atom. The molecule has 0 fully saturated rings. The summed E-state index contributed by atoms with van der Waals surface area (Å²) in [6, 6.07) is 3.84. The summed E-state index contributed by atoms with van der Waals surface area (Å²) < 4.78 is 39.7. The normalized spacial score (nSPS) is 17.0. The summed E-state index contributed by atoms with van der Waals surface area (Å²) in [6.07, 6.45) is 4.67. The highest BCUT2D eigenvalue weighted by Crippen LogP contribution is 2.35. The van der Waals surface area contributed by atoms with Gasteiger partial charge < -0.3 is 14.4 Å². The first-order valence-corrected chi connectivity index (χ1v) is 9.87. The van der Waals surface area contributed by atoms with Crippen molar-refractivity contribution in [2.24, 2.45) is 0 Å². The molecular formula is C18H18ClF2N3OS. The number of nitrogens with zero attached hydrogens (tertiary/aromatic N) is 2. The van der Waals surface area contributed by atoms with Gasteiger partial charge in [-0.2, -0.15) is 4.98 Å². The van der Waals surface area contributed by atoms with E-state index >= 15 is 0 Å². The van der Waals surface area contributed by atoms with Gasteiger partial charge in [-0.15, -0.1) is 0 Å². The largest absolute Gasteiger partial charge is 0.610 e. The first-order valence-electron chi connectivity index (χ1n) is 7.94. The minimum Gasteiger partial charge on any atom is -0.610 e. The molecule has 0 spiro atoms. The van der Waals surface area contributed by atoms with Gasteiger partial charge in [0.05, 0.1) is 10.7 Å². The Morgan fingerprint density at radius 1 is 1.35 bits per heavy atom. The highest BCUT2D eigenvalue weighted by molar-refractivity contribution is 7.90. The van der Waals surface area contributed by atoms with Gasteiger partial charge in [0.2, 0.25) is 0 Å². The highest BCUT2D eigenvalue weighted by Gasteiger charge is 2.30. The second kappa shape index (κ2) is 7.42. The molecule has 3 rings (SSSR count). The Bertz CT molecular complexity index is 895. The van der Waals surface area contributed by atoms with Gasteiger partial charge in [0.15, 0.2) is 0 Å². The third-order valence-electron chi connectivity index (χ3n) is 4.30. The van der Waals surface area contributed by atoms with Crippen LogP contribution in [0.2, 0.25) is 5.02 Å². The van der Waals surface area contributed by atoms with Crippen LogP contribution in [-0.2, 0) is 11.2 Å². The lowest BCUT2D eigenvalue weighted by Crippen LogP contribution is -2.31. The number of allylic oxidation sites excluding steroid dienone is 3. The van der Waals surface area contributed by atoms with E-state index in [1.165, 1.54) is 18.2 Å². The number of aromatic amines is 1. The average Bonchev–Trinajstić information content (AvgIpc) is 2.96. The topological polar surface area (TPSA) is 55.0 Å². The molecule has 0 radical (unpaired) electrons. The SMILES string of the molecule is CC1=C(F)C=CCN1C(c1ccc(F)c(Cl)c1)c1nc([S+](C)[O-])c(C)[nH]1. The predicted molar refractivity (Wildman–Crippen MR) is 98.6 cm³/mol. The standard InChI is InChI=1S/C18H18ClF2N3OS/c1-10-18(26(3)25)23-17(22-10)16(12-6-7-15(21)13(19)9-12)24-8-4-5-14(20)11(24)2/h4-7,9,16H,8H2,1-3H3,(H,22,23). The molecule has 1 aromatic carbocycles. The number of aromatic nitrogens is 2. The molecule has 1 aliphatic heterocycles. The summed E-state index contributed by atoms with van der Waals surface area (Å²) >= 11 is 4.70. The molecule has 0 amide bonds. The maximum Gasteiger partial charge on any atom is 0.265 e. The number of hydrogen-bond donors (Lipinski definition) is 1. The van der Waals surface area contributed by atoms with E-state index in [0.29, 0.717) is 34.3 Å². The van der Waals surface area contributed by atoms with Crippen LogP contribution in [0.3, 0.4) is 0 Å². The van der Waals surface area contributed by atoms with Crippen LogP contribution in [0.15, 0.2) is 46.9 Å². The van der Waals surface area contributed by atoms with Crippen LogP contribution in [0.4, 0.5) is 8.78 Å². The molecule has 138 valence electrons. The van der Waals surface area contributed by atoms with Crippen molar-refractivity contribution in [2.75, 3.05) is 12.8 Å². The Balaban J connectivity index is 2.15. The molecule has 0 saturated heterocycles. The number of hydrogen-bond acceptors (Lipinski definition) is 3. The zero-order chi connectivity index (χ0) is 19.0. The minimum atomic E-state index is -1.27. The Hall–Kier alpha value is -1.83. The average molecular weight is 398 g/mol. The van der Waals surface area contributed by atoms with Gasteiger partial charge >= 0.3 is 0 Å². The van der Waals surface area contributed by atoms with Crippen molar-refractivity contribution in [1.82, 2.24) is 14.9 Å². The second-order valence-electron chi connectivity index (χ2n) is 6.07. The Kier molecular flexibility index (Phi) is 5.41. The summed E-state index contributed by atoms with van der Waals surface area (Å²) in [6.45, 7) is 3.90. The molecule has 2 aromatic rings. The van der Waals surface area contributed by atoms with Crippen molar-refractivity contribution in [2.45, 2.75) is 24.9 Å². The van der Waals surface area contributed by atoms with E-state index in [9.17, 15) is 13.3 Å². The van der Waals surface area contributed by atoms with Gasteiger partial charge in [-0.25, -0.2) is 8.78 Å². The second-order valence-corrected chi connectivity index (χ2v) is 7.77. The van der Waals surface area contributed by atoms with Crippen LogP contribution in [-0.4, -0.2) is 32.2 Å². The molecule has 2 unspecified atom stereocenters. The zero-order valence-electron chi connectivity index (χ0n) is 14.5. The summed E-state index contributed by atoms with van der Waals surface area (Å²) in [5.41, 5.74) is 1.76. The van der Waals surface area contributed by atoms with E-state index in [-0.39, 0.29) is 10.8 Å². The van der Waals surface area contributed by atoms with Crippen LogP contribution in [0.1, 0.15) is 30.0 Å². The van der Waals surface area contributed by atoms with E-state index in [2.05, 4.69) is 9.97 Å². The van der Waals surface area contributed by atoms with Crippen molar-refractivity contribution in [1.29, 1.82) is 0 Å². The maximum absolute atomic E-state index is 14.2. The van der Waals surface area contributed by atoms with Crippen LogP contribution < -0.4 is 0 Å². The summed E-state index contributed by atoms with van der Waals surface area (Å²) in [4.78, 5) is 9.41. The van der Waals surface area contributed by atoms with E-state index in [1.807, 2.05) is 0 Å².